The van der Waals surface area contributed by atoms with Gasteiger partial charge in [0.25, 0.3) is 0 Å². The average Bonchev–Trinajstić information content (AvgIpc) is 2.76. The van der Waals surface area contributed by atoms with Gasteiger partial charge in [-0.05, 0) is 69.2 Å². The Labute approximate surface area is 179 Å². The monoisotopic (exact) mass is 408 g/mol. The Bertz CT molecular complexity index is 848. The molecule has 0 aromatic heterocycles. The van der Waals surface area contributed by atoms with Crippen LogP contribution in [0.2, 0.25) is 0 Å². The number of benzene rings is 2. The number of hydrogen-bond donors (Lipinski definition) is 1. The zero-order chi connectivity index (χ0) is 21.5. The Morgan fingerprint density at radius 2 is 1.73 bits per heavy atom. The quantitative estimate of drug-likeness (QED) is 0.623. The molecule has 2 N–H and O–H groups in total. The Hall–Kier alpha value is -2.39. The van der Waals surface area contributed by atoms with Gasteiger partial charge >= 0.3 is 0 Å². The Morgan fingerprint density at radius 3 is 2.43 bits per heavy atom. The minimum Gasteiger partial charge on any atom is -0.492 e. The zero-order valence-electron chi connectivity index (χ0n) is 18.0. The molecule has 1 saturated heterocycles. The first-order valence-electron chi connectivity index (χ1n) is 10.7. The molecule has 3 rings (SSSR count). The van der Waals surface area contributed by atoms with Gasteiger partial charge in [0.15, 0.2) is 5.79 Å². The van der Waals surface area contributed by atoms with Crippen LogP contribution in [0.5, 0.6) is 5.75 Å². The van der Waals surface area contributed by atoms with Crippen molar-refractivity contribution in [2.45, 2.75) is 57.3 Å². The third-order valence-electron chi connectivity index (χ3n) is 5.45. The largest absolute Gasteiger partial charge is 0.492 e. The van der Waals surface area contributed by atoms with Crippen molar-refractivity contribution in [3.05, 3.63) is 65.2 Å². The van der Waals surface area contributed by atoms with Gasteiger partial charge in [0.2, 0.25) is 0 Å². The molecule has 0 bridgehead atoms. The molecule has 5 nitrogen and oxygen atoms in total. The lowest BCUT2D eigenvalue weighted by Gasteiger charge is -2.41. The van der Waals surface area contributed by atoms with Crippen LogP contribution in [-0.2, 0) is 22.3 Å². The Morgan fingerprint density at radius 1 is 1.00 bits per heavy atom. The van der Waals surface area contributed by atoms with Crippen LogP contribution in [0.3, 0.4) is 0 Å². The lowest BCUT2D eigenvalue weighted by molar-refractivity contribution is -0.267. The topological polar surface area (TPSA) is 77.5 Å². The van der Waals surface area contributed by atoms with Crippen molar-refractivity contribution >= 4 is 0 Å². The van der Waals surface area contributed by atoms with Crippen LogP contribution in [0.15, 0.2) is 48.5 Å². The molecular weight excluding hydrogens is 376 g/mol. The molecule has 1 heterocycles. The molecule has 0 saturated carbocycles. The number of nitrogens with zero attached hydrogens (tertiary/aromatic N) is 1. The van der Waals surface area contributed by atoms with E-state index >= 15 is 0 Å². The van der Waals surface area contributed by atoms with Crippen LogP contribution in [-0.4, -0.2) is 31.1 Å². The van der Waals surface area contributed by atoms with E-state index < -0.39 is 11.3 Å². The highest BCUT2D eigenvalue weighted by atomic mass is 16.7. The molecule has 5 heteroatoms. The van der Waals surface area contributed by atoms with E-state index in [0.29, 0.717) is 31.1 Å². The molecule has 2 aromatic rings. The molecule has 1 aliphatic rings. The molecule has 0 amide bonds. The predicted molar refractivity (Wildman–Crippen MR) is 117 cm³/mol. The van der Waals surface area contributed by atoms with Crippen molar-refractivity contribution < 1.29 is 14.2 Å². The van der Waals surface area contributed by atoms with Crippen LogP contribution in [0.25, 0.3) is 0 Å². The first kappa shape index (κ1) is 22.3. The summed E-state index contributed by atoms with van der Waals surface area (Å²) < 4.78 is 17.3. The maximum absolute atomic E-state index is 9.52. The van der Waals surface area contributed by atoms with E-state index in [9.17, 15) is 5.26 Å². The summed E-state index contributed by atoms with van der Waals surface area (Å²) in [6.07, 6.45) is 4.54. The predicted octanol–water partition coefficient (Wildman–Crippen LogP) is 4.37. The van der Waals surface area contributed by atoms with Crippen LogP contribution >= 0.6 is 0 Å². The third-order valence-corrected chi connectivity index (χ3v) is 5.45. The molecular formula is C25H32N2O3. The van der Waals surface area contributed by atoms with Crippen LogP contribution < -0.4 is 10.5 Å². The van der Waals surface area contributed by atoms with Gasteiger partial charge in [-0.3, -0.25) is 0 Å². The second-order valence-corrected chi connectivity index (χ2v) is 8.57. The maximum atomic E-state index is 9.52. The van der Waals surface area contributed by atoms with E-state index in [1.807, 2.05) is 38.1 Å². The van der Waals surface area contributed by atoms with Crippen LogP contribution in [0, 0.1) is 11.3 Å². The summed E-state index contributed by atoms with van der Waals surface area (Å²) in [5, 5.41) is 9.52. The fourth-order valence-corrected chi connectivity index (χ4v) is 3.46. The summed E-state index contributed by atoms with van der Waals surface area (Å²) >= 11 is 0. The number of hydrogen-bond acceptors (Lipinski definition) is 5. The van der Waals surface area contributed by atoms with Crippen LogP contribution in [0.4, 0.5) is 0 Å². The fourth-order valence-electron chi connectivity index (χ4n) is 3.46. The van der Waals surface area contributed by atoms with Gasteiger partial charge in [0.1, 0.15) is 11.8 Å². The third kappa shape index (κ3) is 6.56. The molecule has 0 radical (unpaired) electrons. The van der Waals surface area contributed by atoms with Crippen molar-refractivity contribution in [1.82, 2.24) is 0 Å². The molecule has 1 fully saturated rings. The first-order valence-corrected chi connectivity index (χ1v) is 10.7. The highest BCUT2D eigenvalue weighted by Gasteiger charge is 2.36. The molecule has 0 atom stereocenters. The van der Waals surface area contributed by atoms with E-state index in [2.05, 4.69) is 30.3 Å². The van der Waals surface area contributed by atoms with E-state index in [4.69, 9.17) is 19.9 Å². The van der Waals surface area contributed by atoms with E-state index in [0.717, 1.165) is 37.7 Å². The summed E-state index contributed by atoms with van der Waals surface area (Å²) in [6, 6.07) is 18.5. The SMILES string of the molecule is CC1(C)OCC(N)(CCc2ccc(OCCCCc3ccccc3)c(C#N)c2)CO1. The highest BCUT2D eigenvalue weighted by Crippen LogP contribution is 2.26. The summed E-state index contributed by atoms with van der Waals surface area (Å²) in [4.78, 5) is 0. The molecule has 1 aliphatic heterocycles. The van der Waals surface area contributed by atoms with Gasteiger partial charge in [-0.1, -0.05) is 36.4 Å². The normalized spacial score (nSPS) is 17.3. The second-order valence-electron chi connectivity index (χ2n) is 8.57. The minimum absolute atomic E-state index is 0.468. The summed E-state index contributed by atoms with van der Waals surface area (Å²) in [6.45, 7) is 5.33. The van der Waals surface area contributed by atoms with Gasteiger partial charge in [-0.25, -0.2) is 0 Å². The van der Waals surface area contributed by atoms with Crippen molar-refractivity contribution in [3.63, 3.8) is 0 Å². The Kier molecular flexibility index (Phi) is 7.49. The molecule has 0 unspecified atom stereocenters. The van der Waals surface area contributed by atoms with Crippen molar-refractivity contribution in [2.24, 2.45) is 5.73 Å². The molecule has 0 spiro atoms. The Balaban J connectivity index is 1.45. The van der Waals surface area contributed by atoms with Gasteiger partial charge in [0, 0.05) is 0 Å². The van der Waals surface area contributed by atoms with Gasteiger partial charge in [-0.2, -0.15) is 5.26 Å². The number of aryl methyl sites for hydroxylation is 2. The number of nitriles is 1. The highest BCUT2D eigenvalue weighted by molar-refractivity contribution is 5.45. The van der Waals surface area contributed by atoms with Crippen molar-refractivity contribution in [1.29, 1.82) is 5.26 Å². The lowest BCUT2D eigenvalue weighted by atomic mass is 9.92. The molecule has 2 aromatic carbocycles. The number of rotatable bonds is 9. The summed E-state index contributed by atoms with van der Waals surface area (Å²) in [5.41, 5.74) is 8.90. The first-order chi connectivity index (χ1) is 14.4. The van der Waals surface area contributed by atoms with Gasteiger partial charge in [-0.15, -0.1) is 0 Å². The van der Waals surface area contributed by atoms with E-state index in [1.165, 1.54) is 5.56 Å². The van der Waals surface area contributed by atoms with Crippen LogP contribution in [0.1, 0.15) is 49.8 Å². The molecule has 0 aliphatic carbocycles. The van der Waals surface area contributed by atoms with E-state index in [1.54, 1.807) is 0 Å². The smallest absolute Gasteiger partial charge is 0.162 e. The van der Waals surface area contributed by atoms with Crippen molar-refractivity contribution in [3.8, 4) is 11.8 Å². The van der Waals surface area contributed by atoms with Gasteiger partial charge < -0.3 is 19.9 Å². The number of ether oxygens (including phenoxy) is 3. The molecule has 160 valence electrons. The lowest BCUT2D eigenvalue weighted by Crippen LogP contribution is -2.57. The zero-order valence-corrected chi connectivity index (χ0v) is 18.0. The second kappa shape index (κ2) is 10.1. The average molecular weight is 409 g/mol. The fraction of sp³-hybridized carbons (Fsp3) is 0.480. The number of unbranched alkanes of at least 4 members (excludes halogenated alkanes) is 1. The summed E-state index contributed by atoms with van der Waals surface area (Å²) in [5.74, 6) is 0.0752. The maximum Gasteiger partial charge on any atom is 0.162 e. The standard InChI is InChI=1S/C25H32N2O3/c1-24(2)29-18-25(27,19-30-24)14-13-21-11-12-23(22(16-21)17-26)28-15-7-6-10-20-8-4-3-5-9-20/h3-5,8-9,11-12,16H,6-7,10,13-15,18-19,27H2,1-2H3. The number of nitrogens with two attached hydrogens (primary N) is 1. The summed E-state index contributed by atoms with van der Waals surface area (Å²) in [7, 11) is 0. The minimum atomic E-state index is -0.572. The molecule has 30 heavy (non-hydrogen) atoms. The van der Waals surface area contributed by atoms with Gasteiger partial charge in [0.05, 0.1) is 30.9 Å². The van der Waals surface area contributed by atoms with Crippen molar-refractivity contribution in [2.75, 3.05) is 19.8 Å². The van der Waals surface area contributed by atoms with E-state index in [-0.39, 0.29) is 0 Å².